The number of rotatable bonds is 4. The van der Waals surface area contributed by atoms with E-state index in [2.05, 4.69) is 22.5 Å². The summed E-state index contributed by atoms with van der Waals surface area (Å²) in [6.07, 6.45) is 3.93. The van der Waals surface area contributed by atoms with Gasteiger partial charge in [0, 0.05) is 19.1 Å². The third-order valence-corrected chi connectivity index (χ3v) is 3.61. The molecule has 2 aliphatic heterocycles. The molecule has 0 saturated carbocycles. The summed E-state index contributed by atoms with van der Waals surface area (Å²) < 4.78 is 5.30. The Morgan fingerprint density at radius 2 is 2.05 bits per heavy atom. The van der Waals surface area contributed by atoms with Crippen molar-refractivity contribution in [1.29, 1.82) is 0 Å². The first kappa shape index (κ1) is 19.9. The second-order valence-electron chi connectivity index (χ2n) is 5.35. The SMILES string of the molecule is CC(CN1CCCCC1)NC(=O)C1COCCN1.Cl.Cl. The third-order valence-electron chi connectivity index (χ3n) is 3.61. The molecule has 2 aliphatic rings. The molecule has 0 aromatic carbocycles. The minimum atomic E-state index is -0.178. The number of nitrogens with zero attached hydrogens (tertiary/aromatic N) is 1. The summed E-state index contributed by atoms with van der Waals surface area (Å²) in [6, 6.07) is 0.0295. The number of nitrogens with one attached hydrogen (secondary N) is 2. The summed E-state index contributed by atoms with van der Waals surface area (Å²) in [5.41, 5.74) is 0. The van der Waals surface area contributed by atoms with Crippen LogP contribution in [0.3, 0.4) is 0 Å². The van der Waals surface area contributed by atoms with Crippen LogP contribution in [0.1, 0.15) is 26.2 Å². The molecule has 2 heterocycles. The monoisotopic (exact) mass is 327 g/mol. The Bertz CT molecular complexity index is 270. The van der Waals surface area contributed by atoms with E-state index in [0.717, 1.165) is 13.1 Å². The van der Waals surface area contributed by atoms with E-state index in [-0.39, 0.29) is 42.8 Å². The molecule has 5 nitrogen and oxygen atoms in total. The van der Waals surface area contributed by atoms with Crippen LogP contribution in [-0.4, -0.2) is 62.3 Å². The molecule has 0 aliphatic carbocycles. The molecule has 1 amide bonds. The van der Waals surface area contributed by atoms with E-state index >= 15 is 0 Å². The second kappa shape index (κ2) is 10.6. The standard InChI is InChI=1S/C13H25N3O2.2ClH/c1-11(9-16-6-3-2-4-7-16)15-13(17)12-10-18-8-5-14-12;;/h11-12,14H,2-10H2,1H3,(H,15,17);2*1H. The fourth-order valence-electron chi connectivity index (χ4n) is 2.65. The maximum atomic E-state index is 12.0. The highest BCUT2D eigenvalue weighted by Gasteiger charge is 2.23. The molecule has 0 aromatic heterocycles. The average Bonchev–Trinajstić information content (AvgIpc) is 2.40. The minimum Gasteiger partial charge on any atom is -0.378 e. The number of amides is 1. The van der Waals surface area contributed by atoms with Crippen LogP contribution in [0.4, 0.5) is 0 Å². The van der Waals surface area contributed by atoms with Gasteiger partial charge < -0.3 is 20.3 Å². The van der Waals surface area contributed by atoms with Crippen LogP contribution in [0.25, 0.3) is 0 Å². The lowest BCUT2D eigenvalue weighted by molar-refractivity contribution is -0.126. The summed E-state index contributed by atoms with van der Waals surface area (Å²) in [6.45, 7) is 7.33. The number of carbonyl (C=O) groups is 1. The number of likely N-dealkylation sites (tertiary alicyclic amines) is 1. The van der Waals surface area contributed by atoms with Crippen molar-refractivity contribution in [2.75, 3.05) is 39.4 Å². The van der Waals surface area contributed by atoms with E-state index in [1.165, 1.54) is 32.4 Å². The highest BCUT2D eigenvalue weighted by atomic mass is 35.5. The number of ether oxygens (including phenoxy) is 1. The van der Waals surface area contributed by atoms with Gasteiger partial charge in [0.15, 0.2) is 0 Å². The van der Waals surface area contributed by atoms with Crippen LogP contribution in [0, 0.1) is 0 Å². The van der Waals surface area contributed by atoms with Crippen molar-refractivity contribution < 1.29 is 9.53 Å². The van der Waals surface area contributed by atoms with Gasteiger partial charge >= 0.3 is 0 Å². The zero-order chi connectivity index (χ0) is 12.8. The molecule has 0 aromatic rings. The largest absolute Gasteiger partial charge is 0.378 e. The zero-order valence-corrected chi connectivity index (χ0v) is 13.7. The van der Waals surface area contributed by atoms with Crippen LogP contribution < -0.4 is 10.6 Å². The Kier molecular flexibility index (Phi) is 10.6. The number of piperidine rings is 1. The van der Waals surface area contributed by atoms with Crippen molar-refractivity contribution in [1.82, 2.24) is 15.5 Å². The van der Waals surface area contributed by atoms with Gasteiger partial charge in [0.2, 0.25) is 5.91 Å². The summed E-state index contributed by atoms with van der Waals surface area (Å²) in [4.78, 5) is 14.4. The molecule has 2 saturated heterocycles. The Hall–Kier alpha value is -0.0700. The summed E-state index contributed by atoms with van der Waals surface area (Å²) in [7, 11) is 0. The molecule has 7 heteroatoms. The molecule has 20 heavy (non-hydrogen) atoms. The average molecular weight is 328 g/mol. The lowest BCUT2D eigenvalue weighted by atomic mass is 10.1. The number of hydrogen-bond acceptors (Lipinski definition) is 4. The van der Waals surface area contributed by atoms with Crippen LogP contribution in [0.2, 0.25) is 0 Å². The molecule has 0 bridgehead atoms. The predicted octanol–water partition coefficient (Wildman–Crippen LogP) is 0.809. The molecule has 120 valence electrons. The van der Waals surface area contributed by atoms with Gasteiger partial charge in [0.1, 0.15) is 6.04 Å². The highest BCUT2D eigenvalue weighted by Crippen LogP contribution is 2.08. The van der Waals surface area contributed by atoms with E-state index in [1.54, 1.807) is 0 Å². The van der Waals surface area contributed by atoms with Crippen molar-refractivity contribution in [3.63, 3.8) is 0 Å². The second-order valence-corrected chi connectivity index (χ2v) is 5.35. The van der Waals surface area contributed by atoms with E-state index < -0.39 is 0 Å². The molecular formula is C13H27Cl2N3O2. The quantitative estimate of drug-likeness (QED) is 0.802. The van der Waals surface area contributed by atoms with Crippen molar-refractivity contribution in [2.45, 2.75) is 38.3 Å². The van der Waals surface area contributed by atoms with Crippen LogP contribution in [-0.2, 0) is 9.53 Å². The van der Waals surface area contributed by atoms with Crippen molar-refractivity contribution in [3.05, 3.63) is 0 Å². The smallest absolute Gasteiger partial charge is 0.239 e. The molecule has 2 rings (SSSR count). The fraction of sp³-hybridized carbons (Fsp3) is 0.923. The zero-order valence-electron chi connectivity index (χ0n) is 12.1. The maximum absolute atomic E-state index is 12.0. The van der Waals surface area contributed by atoms with Gasteiger partial charge in [0.25, 0.3) is 0 Å². The number of morpholine rings is 1. The van der Waals surface area contributed by atoms with Gasteiger partial charge in [-0.3, -0.25) is 4.79 Å². The molecular weight excluding hydrogens is 301 g/mol. The first-order valence-electron chi connectivity index (χ1n) is 7.09. The summed E-state index contributed by atoms with van der Waals surface area (Å²) in [5.74, 6) is 0.0687. The molecule has 0 radical (unpaired) electrons. The van der Waals surface area contributed by atoms with Crippen LogP contribution in [0.15, 0.2) is 0 Å². The van der Waals surface area contributed by atoms with Crippen LogP contribution in [0.5, 0.6) is 0 Å². The molecule has 2 atom stereocenters. The normalized spacial score (nSPS) is 24.9. The summed E-state index contributed by atoms with van der Waals surface area (Å²) >= 11 is 0. The number of carbonyl (C=O) groups excluding carboxylic acids is 1. The van der Waals surface area contributed by atoms with Gasteiger partial charge in [-0.05, 0) is 32.9 Å². The molecule has 0 spiro atoms. The molecule has 2 N–H and O–H groups in total. The fourth-order valence-corrected chi connectivity index (χ4v) is 2.65. The van der Waals surface area contributed by atoms with E-state index in [9.17, 15) is 4.79 Å². The summed E-state index contributed by atoms with van der Waals surface area (Å²) in [5, 5.41) is 6.25. The Morgan fingerprint density at radius 3 is 2.65 bits per heavy atom. The van der Waals surface area contributed by atoms with Gasteiger partial charge in [-0.25, -0.2) is 0 Å². The maximum Gasteiger partial charge on any atom is 0.239 e. The predicted molar refractivity (Wildman–Crippen MR) is 85.0 cm³/mol. The van der Waals surface area contributed by atoms with Gasteiger partial charge in [-0.1, -0.05) is 6.42 Å². The van der Waals surface area contributed by atoms with Gasteiger partial charge in [-0.15, -0.1) is 24.8 Å². The molecule has 2 fully saturated rings. The lowest BCUT2D eigenvalue weighted by Crippen LogP contribution is -2.54. The Balaban J connectivity index is 0.00000180. The van der Waals surface area contributed by atoms with E-state index in [4.69, 9.17) is 4.74 Å². The molecule has 2 unspecified atom stereocenters. The first-order chi connectivity index (χ1) is 8.75. The number of halogens is 2. The van der Waals surface area contributed by atoms with Crippen molar-refractivity contribution in [2.24, 2.45) is 0 Å². The Labute approximate surface area is 134 Å². The lowest BCUT2D eigenvalue weighted by Gasteiger charge is -2.30. The van der Waals surface area contributed by atoms with E-state index in [0.29, 0.717) is 13.2 Å². The van der Waals surface area contributed by atoms with Crippen molar-refractivity contribution >= 4 is 30.7 Å². The highest BCUT2D eigenvalue weighted by molar-refractivity contribution is 5.85. The minimum absolute atomic E-state index is 0. The van der Waals surface area contributed by atoms with E-state index in [1.807, 2.05) is 0 Å². The van der Waals surface area contributed by atoms with Crippen LogP contribution >= 0.6 is 24.8 Å². The Morgan fingerprint density at radius 1 is 1.35 bits per heavy atom. The van der Waals surface area contributed by atoms with Crippen molar-refractivity contribution in [3.8, 4) is 0 Å². The number of hydrogen-bond donors (Lipinski definition) is 2. The third kappa shape index (κ3) is 6.59. The van der Waals surface area contributed by atoms with Gasteiger partial charge in [0.05, 0.1) is 13.2 Å². The van der Waals surface area contributed by atoms with Gasteiger partial charge in [-0.2, -0.15) is 0 Å². The topological polar surface area (TPSA) is 53.6 Å². The first-order valence-corrected chi connectivity index (χ1v) is 7.09.